The number of nitrogens with one attached hydrogen (secondary N) is 1. The third kappa shape index (κ3) is 3.79. The molecule has 1 aliphatic heterocycles. The average molecular weight is 312 g/mol. The van der Waals surface area contributed by atoms with Gasteiger partial charge in [-0.05, 0) is 23.6 Å². The van der Waals surface area contributed by atoms with Crippen LogP contribution in [0, 0.1) is 5.92 Å². The summed E-state index contributed by atoms with van der Waals surface area (Å²) in [5, 5.41) is 3.38. The van der Waals surface area contributed by atoms with Gasteiger partial charge in [0.2, 0.25) is 0 Å². The third-order valence-electron chi connectivity index (χ3n) is 3.60. The lowest BCUT2D eigenvalue weighted by Gasteiger charge is -2.31. The average Bonchev–Trinajstić information content (AvgIpc) is 2.39. The lowest BCUT2D eigenvalue weighted by Crippen LogP contribution is -2.46. The van der Waals surface area contributed by atoms with E-state index in [0.29, 0.717) is 5.92 Å². The van der Waals surface area contributed by atoms with Crippen molar-refractivity contribution in [1.82, 2.24) is 10.2 Å². The van der Waals surface area contributed by atoms with E-state index in [2.05, 4.69) is 51.3 Å². The van der Waals surface area contributed by atoms with Gasteiger partial charge < -0.3 is 16.0 Å². The molecule has 100 valence electrons. The zero-order valence-electron chi connectivity index (χ0n) is 10.9. The number of rotatable bonds is 4. The van der Waals surface area contributed by atoms with Gasteiger partial charge in [0, 0.05) is 43.2 Å². The topological polar surface area (TPSA) is 41.3 Å². The molecule has 0 amide bonds. The Labute approximate surface area is 118 Å². The third-order valence-corrected chi connectivity index (χ3v) is 4.10. The van der Waals surface area contributed by atoms with Crippen LogP contribution < -0.4 is 11.1 Å². The summed E-state index contributed by atoms with van der Waals surface area (Å²) in [5.74, 6) is 0.470. The Morgan fingerprint density at radius 2 is 2.11 bits per heavy atom. The van der Waals surface area contributed by atoms with E-state index in [-0.39, 0.29) is 6.04 Å². The van der Waals surface area contributed by atoms with Gasteiger partial charge in [0.05, 0.1) is 0 Å². The van der Waals surface area contributed by atoms with Crippen LogP contribution in [0.3, 0.4) is 0 Å². The molecule has 1 heterocycles. The lowest BCUT2D eigenvalue weighted by atomic mass is 9.95. The molecule has 2 atom stereocenters. The van der Waals surface area contributed by atoms with E-state index in [9.17, 15) is 0 Å². The summed E-state index contributed by atoms with van der Waals surface area (Å²) < 4.78 is 1.10. The lowest BCUT2D eigenvalue weighted by molar-refractivity contribution is 0.199. The summed E-state index contributed by atoms with van der Waals surface area (Å²) in [5.41, 5.74) is 7.58. The number of halogens is 1. The highest BCUT2D eigenvalue weighted by molar-refractivity contribution is 9.10. The molecule has 3 N–H and O–H groups in total. The molecule has 4 heteroatoms. The Hall–Kier alpha value is -0.420. The van der Waals surface area contributed by atoms with Crippen LogP contribution in [0.4, 0.5) is 0 Å². The van der Waals surface area contributed by atoms with Crippen molar-refractivity contribution in [2.45, 2.75) is 13.0 Å². The molecule has 0 bridgehead atoms. The van der Waals surface area contributed by atoms with Crippen molar-refractivity contribution >= 4 is 15.9 Å². The monoisotopic (exact) mass is 311 g/mol. The van der Waals surface area contributed by atoms with Crippen LogP contribution >= 0.6 is 15.9 Å². The molecular formula is C14H22BrN3. The molecule has 0 spiro atoms. The van der Waals surface area contributed by atoms with Gasteiger partial charge in [0.1, 0.15) is 0 Å². The van der Waals surface area contributed by atoms with Crippen molar-refractivity contribution in [3.05, 3.63) is 34.3 Å². The maximum atomic E-state index is 6.36. The Balaban J connectivity index is 1.93. The van der Waals surface area contributed by atoms with Crippen LogP contribution in [0.15, 0.2) is 28.7 Å². The maximum Gasteiger partial charge on any atom is 0.0333 e. The standard InChI is InChI=1S/C14H22BrN3/c1-11(10-18-7-5-17-6-8-18)14(16)12-3-2-4-13(15)9-12/h2-4,9,11,14,17H,5-8,10,16H2,1H3. The fourth-order valence-electron chi connectivity index (χ4n) is 2.46. The molecule has 0 aromatic heterocycles. The zero-order chi connectivity index (χ0) is 13.0. The summed E-state index contributed by atoms with van der Waals surface area (Å²) >= 11 is 3.50. The molecule has 2 unspecified atom stereocenters. The van der Waals surface area contributed by atoms with Crippen molar-refractivity contribution < 1.29 is 0 Å². The molecule has 18 heavy (non-hydrogen) atoms. The van der Waals surface area contributed by atoms with Gasteiger partial charge in [-0.15, -0.1) is 0 Å². The predicted molar refractivity (Wildman–Crippen MR) is 79.5 cm³/mol. The highest BCUT2D eigenvalue weighted by Crippen LogP contribution is 2.23. The fraction of sp³-hybridized carbons (Fsp3) is 0.571. The first-order valence-corrected chi connectivity index (χ1v) is 7.40. The number of piperazine rings is 1. The van der Waals surface area contributed by atoms with E-state index in [4.69, 9.17) is 5.73 Å². The highest BCUT2D eigenvalue weighted by Gasteiger charge is 2.19. The second-order valence-electron chi connectivity index (χ2n) is 5.11. The minimum atomic E-state index is 0.109. The summed E-state index contributed by atoms with van der Waals surface area (Å²) in [6.45, 7) is 7.78. The zero-order valence-corrected chi connectivity index (χ0v) is 12.5. The van der Waals surface area contributed by atoms with Gasteiger partial charge in [-0.25, -0.2) is 0 Å². The van der Waals surface area contributed by atoms with E-state index in [1.54, 1.807) is 0 Å². The Bertz CT molecular complexity index is 377. The normalized spacial score (nSPS) is 20.6. The second kappa shape index (κ2) is 6.66. The van der Waals surface area contributed by atoms with Crippen LogP contribution in [-0.4, -0.2) is 37.6 Å². The molecule has 3 nitrogen and oxygen atoms in total. The molecule has 1 aromatic rings. The first-order valence-electron chi connectivity index (χ1n) is 6.61. The molecule has 1 aromatic carbocycles. The highest BCUT2D eigenvalue weighted by atomic mass is 79.9. The molecular weight excluding hydrogens is 290 g/mol. The molecule has 1 aliphatic rings. The molecule has 2 rings (SSSR count). The number of hydrogen-bond acceptors (Lipinski definition) is 3. The van der Waals surface area contributed by atoms with Gasteiger partial charge in [-0.1, -0.05) is 35.0 Å². The molecule has 0 aliphatic carbocycles. The van der Waals surface area contributed by atoms with Gasteiger partial charge >= 0.3 is 0 Å². The van der Waals surface area contributed by atoms with Crippen molar-refractivity contribution in [3.8, 4) is 0 Å². The van der Waals surface area contributed by atoms with E-state index in [0.717, 1.165) is 37.2 Å². The van der Waals surface area contributed by atoms with E-state index in [1.807, 2.05) is 6.07 Å². The minimum absolute atomic E-state index is 0.109. The van der Waals surface area contributed by atoms with Gasteiger partial charge in [0.15, 0.2) is 0 Å². The predicted octanol–water partition coefficient (Wildman–Crippen LogP) is 1.99. The molecule has 0 radical (unpaired) electrons. The van der Waals surface area contributed by atoms with Gasteiger partial charge in [-0.3, -0.25) is 0 Å². The van der Waals surface area contributed by atoms with Gasteiger partial charge in [-0.2, -0.15) is 0 Å². The van der Waals surface area contributed by atoms with E-state index >= 15 is 0 Å². The first-order chi connectivity index (χ1) is 8.66. The maximum absolute atomic E-state index is 6.36. The molecule has 1 fully saturated rings. The Morgan fingerprint density at radius 1 is 1.39 bits per heavy atom. The smallest absolute Gasteiger partial charge is 0.0333 e. The van der Waals surface area contributed by atoms with Crippen molar-refractivity contribution in [2.24, 2.45) is 11.7 Å². The van der Waals surface area contributed by atoms with Gasteiger partial charge in [0.25, 0.3) is 0 Å². The number of benzene rings is 1. The van der Waals surface area contributed by atoms with E-state index in [1.165, 1.54) is 5.56 Å². The number of nitrogens with two attached hydrogens (primary N) is 1. The van der Waals surface area contributed by atoms with Crippen LogP contribution in [0.25, 0.3) is 0 Å². The van der Waals surface area contributed by atoms with Crippen LogP contribution in [-0.2, 0) is 0 Å². The summed E-state index contributed by atoms with van der Waals surface area (Å²) in [6, 6.07) is 8.44. The number of hydrogen-bond donors (Lipinski definition) is 2. The Morgan fingerprint density at radius 3 is 2.78 bits per heavy atom. The molecule has 1 saturated heterocycles. The van der Waals surface area contributed by atoms with Crippen molar-refractivity contribution in [2.75, 3.05) is 32.7 Å². The minimum Gasteiger partial charge on any atom is -0.324 e. The van der Waals surface area contributed by atoms with Crippen molar-refractivity contribution in [3.63, 3.8) is 0 Å². The van der Waals surface area contributed by atoms with Crippen LogP contribution in [0.2, 0.25) is 0 Å². The van der Waals surface area contributed by atoms with Crippen molar-refractivity contribution in [1.29, 1.82) is 0 Å². The SMILES string of the molecule is CC(CN1CCNCC1)C(N)c1cccc(Br)c1. The first kappa shape index (κ1) is 14.0. The summed E-state index contributed by atoms with van der Waals surface area (Å²) in [6.07, 6.45) is 0. The molecule has 0 saturated carbocycles. The van der Waals surface area contributed by atoms with Crippen LogP contribution in [0.1, 0.15) is 18.5 Å². The quantitative estimate of drug-likeness (QED) is 0.893. The van der Waals surface area contributed by atoms with E-state index < -0.39 is 0 Å². The Kier molecular flexibility index (Phi) is 5.18. The largest absolute Gasteiger partial charge is 0.324 e. The van der Waals surface area contributed by atoms with Crippen LogP contribution in [0.5, 0.6) is 0 Å². The second-order valence-corrected chi connectivity index (χ2v) is 6.02. The summed E-state index contributed by atoms with van der Waals surface area (Å²) in [7, 11) is 0. The number of nitrogens with zero attached hydrogens (tertiary/aromatic N) is 1. The summed E-state index contributed by atoms with van der Waals surface area (Å²) in [4.78, 5) is 2.50. The fourth-order valence-corrected chi connectivity index (χ4v) is 2.87.